The predicted molar refractivity (Wildman–Crippen MR) is 52.6 cm³/mol. The van der Waals surface area contributed by atoms with Gasteiger partial charge in [0.15, 0.2) is 0 Å². The molecule has 0 fully saturated rings. The van der Waals surface area contributed by atoms with Gasteiger partial charge in [0, 0.05) is 19.4 Å². The van der Waals surface area contributed by atoms with E-state index < -0.39 is 0 Å². The molecule has 0 saturated carbocycles. The fraction of sp³-hybridized carbons (Fsp3) is 0.222. The van der Waals surface area contributed by atoms with Crippen LogP contribution in [0.4, 0.5) is 5.82 Å². The second kappa shape index (κ2) is 3.87. The molecule has 2 rings (SSSR count). The molecule has 0 aliphatic rings. The van der Waals surface area contributed by atoms with E-state index >= 15 is 0 Å². The van der Waals surface area contributed by atoms with Crippen LogP contribution in [0.25, 0.3) is 0 Å². The monoisotopic (exact) mass is 189 g/mol. The van der Waals surface area contributed by atoms with E-state index in [0.717, 1.165) is 11.5 Å². The maximum Gasteiger partial charge on any atom is 0.148 e. The highest BCUT2D eigenvalue weighted by Crippen LogP contribution is 2.02. The number of anilines is 1. The van der Waals surface area contributed by atoms with E-state index in [1.165, 1.54) is 0 Å². The fourth-order valence-corrected chi connectivity index (χ4v) is 1.15. The minimum absolute atomic E-state index is 0.704. The van der Waals surface area contributed by atoms with Crippen molar-refractivity contribution in [3.05, 3.63) is 36.3 Å². The van der Waals surface area contributed by atoms with Gasteiger partial charge in [-0.05, 0) is 18.2 Å². The quantitative estimate of drug-likeness (QED) is 0.776. The highest BCUT2D eigenvalue weighted by molar-refractivity contribution is 5.32. The van der Waals surface area contributed by atoms with Crippen LogP contribution < -0.4 is 5.32 Å². The minimum atomic E-state index is 0.704. The smallest absolute Gasteiger partial charge is 0.148 e. The van der Waals surface area contributed by atoms with Crippen molar-refractivity contribution in [1.82, 2.24) is 20.0 Å². The first-order valence-electron chi connectivity index (χ1n) is 4.35. The maximum absolute atomic E-state index is 4.07. The molecule has 0 radical (unpaired) electrons. The number of hydrogen-bond acceptors (Lipinski definition) is 4. The van der Waals surface area contributed by atoms with Crippen LogP contribution in [-0.4, -0.2) is 20.0 Å². The van der Waals surface area contributed by atoms with E-state index in [1.54, 1.807) is 12.4 Å². The summed E-state index contributed by atoms with van der Waals surface area (Å²) in [5, 5.41) is 14.9. The average molecular weight is 189 g/mol. The van der Waals surface area contributed by atoms with Gasteiger partial charge < -0.3 is 5.32 Å². The Bertz CT molecular complexity index is 395. The first-order valence-corrected chi connectivity index (χ1v) is 4.35. The Kier molecular flexibility index (Phi) is 2.40. The van der Waals surface area contributed by atoms with Gasteiger partial charge >= 0.3 is 0 Å². The van der Waals surface area contributed by atoms with Crippen LogP contribution >= 0.6 is 0 Å². The lowest BCUT2D eigenvalue weighted by molar-refractivity contribution is 0.719. The molecule has 72 valence electrons. The molecule has 0 aromatic carbocycles. The molecule has 0 amide bonds. The number of hydrogen-bond donors (Lipinski definition) is 1. The minimum Gasteiger partial charge on any atom is -0.363 e. The summed E-state index contributed by atoms with van der Waals surface area (Å²) in [5.41, 5.74) is 1.11. The SMILES string of the molecule is Cn1nccc1CNc1cccnn1. The first kappa shape index (κ1) is 8.68. The lowest BCUT2D eigenvalue weighted by Crippen LogP contribution is -2.06. The van der Waals surface area contributed by atoms with Crippen molar-refractivity contribution in [1.29, 1.82) is 0 Å². The lowest BCUT2D eigenvalue weighted by atomic mass is 10.4. The van der Waals surface area contributed by atoms with Crippen molar-refractivity contribution in [2.24, 2.45) is 7.05 Å². The maximum atomic E-state index is 4.07. The Morgan fingerprint density at radius 1 is 1.36 bits per heavy atom. The summed E-state index contributed by atoms with van der Waals surface area (Å²) in [7, 11) is 1.91. The largest absolute Gasteiger partial charge is 0.363 e. The van der Waals surface area contributed by atoms with Gasteiger partial charge in [0.25, 0.3) is 0 Å². The highest BCUT2D eigenvalue weighted by Gasteiger charge is 1.98. The normalized spacial score (nSPS) is 10.1. The number of nitrogens with one attached hydrogen (secondary N) is 1. The molecule has 0 aliphatic heterocycles. The number of aryl methyl sites for hydroxylation is 1. The second-order valence-electron chi connectivity index (χ2n) is 2.91. The van der Waals surface area contributed by atoms with E-state index in [9.17, 15) is 0 Å². The van der Waals surface area contributed by atoms with Crippen LogP contribution in [0.5, 0.6) is 0 Å². The third-order valence-corrected chi connectivity index (χ3v) is 1.95. The first-order chi connectivity index (χ1) is 6.86. The van der Waals surface area contributed by atoms with Gasteiger partial charge in [-0.15, -0.1) is 5.10 Å². The van der Waals surface area contributed by atoms with E-state index in [0.29, 0.717) is 6.54 Å². The summed E-state index contributed by atoms with van der Waals surface area (Å²) in [5.74, 6) is 0.772. The third-order valence-electron chi connectivity index (χ3n) is 1.95. The molecule has 5 nitrogen and oxygen atoms in total. The Morgan fingerprint density at radius 2 is 2.29 bits per heavy atom. The molecule has 0 aliphatic carbocycles. The van der Waals surface area contributed by atoms with E-state index in [2.05, 4.69) is 20.6 Å². The second-order valence-corrected chi connectivity index (χ2v) is 2.91. The Morgan fingerprint density at radius 3 is 2.93 bits per heavy atom. The molecular formula is C9H11N5. The zero-order valence-electron chi connectivity index (χ0n) is 7.88. The van der Waals surface area contributed by atoms with Crippen LogP contribution in [0.3, 0.4) is 0 Å². The van der Waals surface area contributed by atoms with Gasteiger partial charge in [-0.3, -0.25) is 4.68 Å². The molecule has 1 N–H and O–H groups in total. The summed E-state index contributed by atoms with van der Waals surface area (Å²) in [6, 6.07) is 5.69. The Hall–Kier alpha value is -1.91. The molecule has 5 heteroatoms. The highest BCUT2D eigenvalue weighted by atomic mass is 15.3. The molecule has 0 saturated heterocycles. The van der Waals surface area contributed by atoms with Gasteiger partial charge in [0.1, 0.15) is 5.82 Å². The van der Waals surface area contributed by atoms with Crippen molar-refractivity contribution in [3.63, 3.8) is 0 Å². The summed E-state index contributed by atoms with van der Waals surface area (Å²) in [6.07, 6.45) is 3.42. The Balaban J connectivity index is 1.99. The zero-order chi connectivity index (χ0) is 9.80. The topological polar surface area (TPSA) is 55.6 Å². The van der Waals surface area contributed by atoms with Crippen molar-refractivity contribution in [2.45, 2.75) is 6.54 Å². The van der Waals surface area contributed by atoms with Crippen molar-refractivity contribution >= 4 is 5.82 Å². The van der Waals surface area contributed by atoms with Gasteiger partial charge in [-0.1, -0.05) is 0 Å². The summed E-state index contributed by atoms with van der Waals surface area (Å²) in [4.78, 5) is 0. The average Bonchev–Trinajstić information content (AvgIpc) is 2.63. The zero-order valence-corrected chi connectivity index (χ0v) is 7.88. The number of nitrogens with zero attached hydrogens (tertiary/aromatic N) is 4. The van der Waals surface area contributed by atoms with Crippen LogP contribution in [0, 0.1) is 0 Å². The lowest BCUT2D eigenvalue weighted by Gasteiger charge is -2.04. The van der Waals surface area contributed by atoms with Gasteiger partial charge in [0.2, 0.25) is 0 Å². The molecule has 0 unspecified atom stereocenters. The van der Waals surface area contributed by atoms with Crippen molar-refractivity contribution in [2.75, 3.05) is 5.32 Å². The van der Waals surface area contributed by atoms with Gasteiger partial charge in [-0.25, -0.2) is 0 Å². The molecule has 0 bridgehead atoms. The molecule has 0 atom stereocenters. The molecule has 14 heavy (non-hydrogen) atoms. The number of rotatable bonds is 3. The Labute approximate surface area is 81.8 Å². The number of aromatic nitrogens is 4. The summed E-state index contributed by atoms with van der Waals surface area (Å²) < 4.78 is 1.82. The van der Waals surface area contributed by atoms with Crippen LogP contribution in [-0.2, 0) is 13.6 Å². The molecular weight excluding hydrogens is 178 g/mol. The summed E-state index contributed by atoms with van der Waals surface area (Å²) in [6.45, 7) is 0.704. The van der Waals surface area contributed by atoms with E-state index in [4.69, 9.17) is 0 Å². The predicted octanol–water partition coefficient (Wildman–Crippen LogP) is 0.822. The third kappa shape index (κ3) is 1.87. The summed E-state index contributed by atoms with van der Waals surface area (Å²) >= 11 is 0. The molecule has 2 heterocycles. The molecule has 2 aromatic heterocycles. The van der Waals surface area contributed by atoms with E-state index in [-0.39, 0.29) is 0 Å². The van der Waals surface area contributed by atoms with Gasteiger partial charge in [-0.2, -0.15) is 10.2 Å². The van der Waals surface area contributed by atoms with Crippen LogP contribution in [0.1, 0.15) is 5.69 Å². The standard InChI is InChI=1S/C9H11N5/c1-14-8(4-6-12-14)7-10-9-3-2-5-11-13-9/h2-6H,7H2,1H3,(H,10,13). The molecule has 2 aromatic rings. The van der Waals surface area contributed by atoms with Crippen molar-refractivity contribution < 1.29 is 0 Å². The fourth-order valence-electron chi connectivity index (χ4n) is 1.15. The van der Waals surface area contributed by atoms with Crippen LogP contribution in [0.15, 0.2) is 30.6 Å². The van der Waals surface area contributed by atoms with Gasteiger partial charge in [0.05, 0.1) is 12.2 Å². The molecule has 0 spiro atoms. The van der Waals surface area contributed by atoms with E-state index in [1.807, 2.05) is 29.9 Å². The van der Waals surface area contributed by atoms with Crippen LogP contribution in [0.2, 0.25) is 0 Å². The van der Waals surface area contributed by atoms with Crippen molar-refractivity contribution in [3.8, 4) is 0 Å².